The molecule has 1 unspecified atom stereocenters. The van der Waals surface area contributed by atoms with E-state index in [0.29, 0.717) is 11.3 Å². The van der Waals surface area contributed by atoms with Crippen LogP contribution in [0.15, 0.2) is 6.07 Å². The van der Waals surface area contributed by atoms with E-state index in [-0.39, 0.29) is 0 Å². The summed E-state index contributed by atoms with van der Waals surface area (Å²) in [7, 11) is 0. The van der Waals surface area contributed by atoms with Gasteiger partial charge in [-0.15, -0.1) is 0 Å². The Balaban J connectivity index is 2.28. The Morgan fingerprint density at radius 3 is 2.85 bits per heavy atom. The normalized spacial score (nSPS) is 19.7. The van der Waals surface area contributed by atoms with Crippen molar-refractivity contribution in [2.75, 3.05) is 23.7 Å². The lowest BCUT2D eigenvalue weighted by atomic mass is 10.1. The quantitative estimate of drug-likeness (QED) is 0.923. The monoisotopic (exact) mass is 293 g/mol. The van der Waals surface area contributed by atoms with Gasteiger partial charge in [0.2, 0.25) is 0 Å². The lowest BCUT2D eigenvalue weighted by molar-refractivity contribution is 0.584. The molecular formula is C16H27N3S. The minimum atomic E-state index is 0.499. The summed E-state index contributed by atoms with van der Waals surface area (Å²) in [5.41, 5.74) is 3.84. The molecule has 0 radical (unpaired) electrons. The van der Waals surface area contributed by atoms with E-state index in [2.05, 4.69) is 62.7 Å². The zero-order chi connectivity index (χ0) is 14.7. The van der Waals surface area contributed by atoms with Crippen LogP contribution in [0.4, 0.5) is 5.82 Å². The molecule has 1 N–H and O–H groups in total. The smallest absolute Gasteiger partial charge is 0.133 e. The van der Waals surface area contributed by atoms with Crippen LogP contribution in [0.3, 0.4) is 0 Å². The number of hydrogen-bond acceptors (Lipinski definition) is 4. The van der Waals surface area contributed by atoms with Crippen molar-refractivity contribution in [2.45, 2.75) is 52.5 Å². The van der Waals surface area contributed by atoms with Crippen molar-refractivity contribution in [3.05, 3.63) is 22.9 Å². The molecule has 0 amide bonds. The Kier molecular flexibility index (Phi) is 5.33. The van der Waals surface area contributed by atoms with Gasteiger partial charge in [-0.3, -0.25) is 0 Å². The van der Waals surface area contributed by atoms with E-state index < -0.39 is 0 Å². The van der Waals surface area contributed by atoms with Crippen LogP contribution in [-0.2, 0) is 6.54 Å². The Hall–Kier alpha value is -0.740. The van der Waals surface area contributed by atoms with Gasteiger partial charge >= 0.3 is 0 Å². The summed E-state index contributed by atoms with van der Waals surface area (Å²) < 4.78 is 0. The van der Waals surface area contributed by atoms with Crippen LogP contribution in [0.2, 0.25) is 0 Å². The molecule has 112 valence electrons. The van der Waals surface area contributed by atoms with E-state index >= 15 is 0 Å². The van der Waals surface area contributed by atoms with Gasteiger partial charge in [0.1, 0.15) is 5.82 Å². The zero-order valence-electron chi connectivity index (χ0n) is 13.4. The number of hydrogen-bond donors (Lipinski definition) is 1. The average molecular weight is 293 g/mol. The highest BCUT2D eigenvalue weighted by Gasteiger charge is 2.21. The Morgan fingerprint density at radius 2 is 2.20 bits per heavy atom. The highest BCUT2D eigenvalue weighted by Crippen LogP contribution is 2.27. The topological polar surface area (TPSA) is 28.2 Å². The Labute approximate surface area is 127 Å². The molecule has 2 heterocycles. The molecule has 0 bridgehead atoms. The third kappa shape index (κ3) is 3.89. The number of aryl methyl sites for hydroxylation is 2. The first-order chi connectivity index (χ1) is 9.47. The van der Waals surface area contributed by atoms with Gasteiger partial charge < -0.3 is 10.2 Å². The molecular weight excluding hydrogens is 266 g/mol. The summed E-state index contributed by atoms with van der Waals surface area (Å²) in [6, 6.07) is 2.70. The van der Waals surface area contributed by atoms with E-state index in [4.69, 9.17) is 4.98 Å². The summed E-state index contributed by atoms with van der Waals surface area (Å²) in [5, 5.41) is 4.23. The van der Waals surface area contributed by atoms with Crippen molar-refractivity contribution in [2.24, 2.45) is 0 Å². The maximum atomic E-state index is 4.85. The summed E-state index contributed by atoms with van der Waals surface area (Å²) >= 11 is 2.06. The summed E-state index contributed by atoms with van der Waals surface area (Å²) in [4.78, 5) is 7.32. The summed E-state index contributed by atoms with van der Waals surface area (Å²) in [5.74, 6) is 2.40. The van der Waals surface area contributed by atoms with Crippen molar-refractivity contribution < 1.29 is 0 Å². The molecule has 2 rings (SSSR count). The minimum Gasteiger partial charge on any atom is -0.354 e. The SMILES string of the molecule is Cc1cc(C)c(CNC(C)C)c(N2CCSC(C)C2)n1. The predicted molar refractivity (Wildman–Crippen MR) is 89.8 cm³/mol. The van der Waals surface area contributed by atoms with Gasteiger partial charge in [0.15, 0.2) is 0 Å². The third-order valence-corrected chi connectivity index (χ3v) is 4.82. The number of thioether (sulfide) groups is 1. The molecule has 1 saturated heterocycles. The van der Waals surface area contributed by atoms with Crippen LogP contribution in [0.5, 0.6) is 0 Å². The molecule has 1 fully saturated rings. The van der Waals surface area contributed by atoms with Crippen molar-refractivity contribution in [1.29, 1.82) is 0 Å². The first-order valence-corrected chi connectivity index (χ1v) is 8.59. The van der Waals surface area contributed by atoms with Crippen LogP contribution >= 0.6 is 11.8 Å². The maximum absolute atomic E-state index is 4.85. The second-order valence-electron chi connectivity index (χ2n) is 6.05. The van der Waals surface area contributed by atoms with Gasteiger partial charge in [0, 0.05) is 47.9 Å². The molecule has 3 nitrogen and oxygen atoms in total. The second kappa shape index (κ2) is 6.81. The minimum absolute atomic E-state index is 0.499. The van der Waals surface area contributed by atoms with Gasteiger partial charge in [-0.1, -0.05) is 20.8 Å². The van der Waals surface area contributed by atoms with E-state index in [1.165, 1.54) is 22.7 Å². The van der Waals surface area contributed by atoms with Crippen LogP contribution < -0.4 is 10.2 Å². The molecule has 0 aromatic carbocycles. The Morgan fingerprint density at radius 1 is 1.45 bits per heavy atom. The number of nitrogens with one attached hydrogen (secondary N) is 1. The second-order valence-corrected chi connectivity index (χ2v) is 7.59. The maximum Gasteiger partial charge on any atom is 0.133 e. The number of anilines is 1. The number of aromatic nitrogens is 1. The van der Waals surface area contributed by atoms with Gasteiger partial charge in [-0.2, -0.15) is 11.8 Å². The fourth-order valence-corrected chi connectivity index (χ4v) is 3.65. The number of nitrogens with zero attached hydrogens (tertiary/aromatic N) is 2. The highest BCUT2D eigenvalue weighted by atomic mass is 32.2. The van der Waals surface area contributed by atoms with Gasteiger partial charge in [-0.25, -0.2) is 4.98 Å². The van der Waals surface area contributed by atoms with Crippen molar-refractivity contribution in [1.82, 2.24) is 10.3 Å². The molecule has 1 aliphatic rings. The molecule has 1 aromatic rings. The molecule has 1 aromatic heterocycles. The molecule has 0 spiro atoms. The van der Waals surface area contributed by atoms with Crippen LogP contribution in [-0.4, -0.2) is 35.1 Å². The first kappa shape index (κ1) is 15.6. The third-order valence-electron chi connectivity index (χ3n) is 3.68. The largest absolute Gasteiger partial charge is 0.354 e. The lowest BCUT2D eigenvalue weighted by Gasteiger charge is -2.33. The predicted octanol–water partition coefficient (Wildman–Crippen LogP) is 3.14. The summed E-state index contributed by atoms with van der Waals surface area (Å²) in [6.07, 6.45) is 0. The Bertz CT molecular complexity index is 459. The zero-order valence-corrected chi connectivity index (χ0v) is 14.2. The van der Waals surface area contributed by atoms with Crippen molar-refractivity contribution in [3.63, 3.8) is 0 Å². The van der Waals surface area contributed by atoms with Gasteiger partial charge in [0.05, 0.1) is 0 Å². The van der Waals surface area contributed by atoms with Crippen molar-refractivity contribution >= 4 is 17.6 Å². The molecule has 1 atom stereocenters. The van der Waals surface area contributed by atoms with E-state index in [1.54, 1.807) is 0 Å². The van der Waals surface area contributed by atoms with E-state index in [9.17, 15) is 0 Å². The van der Waals surface area contributed by atoms with Gasteiger partial charge in [0.25, 0.3) is 0 Å². The average Bonchev–Trinajstić information content (AvgIpc) is 2.36. The van der Waals surface area contributed by atoms with Gasteiger partial charge in [-0.05, 0) is 25.5 Å². The number of pyridine rings is 1. The van der Waals surface area contributed by atoms with E-state index in [1.807, 2.05) is 0 Å². The highest BCUT2D eigenvalue weighted by molar-refractivity contribution is 8.00. The van der Waals surface area contributed by atoms with Crippen LogP contribution in [0.25, 0.3) is 0 Å². The van der Waals surface area contributed by atoms with E-state index in [0.717, 1.165) is 25.3 Å². The standard InChI is InChI=1S/C16H27N3S/c1-11(2)17-9-15-12(3)8-13(4)18-16(15)19-6-7-20-14(5)10-19/h8,11,14,17H,6-7,9-10H2,1-5H3. The molecule has 0 saturated carbocycles. The summed E-state index contributed by atoms with van der Waals surface area (Å²) in [6.45, 7) is 14.1. The fourth-order valence-electron chi connectivity index (χ4n) is 2.64. The number of rotatable bonds is 4. The lowest BCUT2D eigenvalue weighted by Crippen LogP contribution is -2.38. The van der Waals surface area contributed by atoms with Crippen LogP contribution in [0.1, 0.15) is 37.6 Å². The molecule has 0 aliphatic carbocycles. The molecule has 20 heavy (non-hydrogen) atoms. The first-order valence-electron chi connectivity index (χ1n) is 7.54. The van der Waals surface area contributed by atoms with Crippen LogP contribution in [0, 0.1) is 13.8 Å². The molecule has 4 heteroatoms. The molecule has 1 aliphatic heterocycles. The fraction of sp³-hybridized carbons (Fsp3) is 0.688. The van der Waals surface area contributed by atoms with Crippen molar-refractivity contribution in [3.8, 4) is 0 Å².